The molecule has 15 heavy (non-hydrogen) atoms. The Labute approximate surface area is 91.9 Å². The minimum absolute atomic E-state index is 0.220. The minimum Gasteiger partial charge on any atom is -0.369 e. The predicted molar refractivity (Wildman–Crippen MR) is 59.7 cm³/mol. The Morgan fingerprint density at radius 2 is 2.13 bits per heavy atom. The molecule has 3 nitrogen and oxygen atoms in total. The first-order valence-electron chi connectivity index (χ1n) is 4.48. The normalized spacial score (nSPS) is 10.5. The van der Waals surface area contributed by atoms with Crippen molar-refractivity contribution >= 4 is 28.3 Å². The Hall–Kier alpha value is -1.61. The molecule has 0 bridgehead atoms. The van der Waals surface area contributed by atoms with Gasteiger partial charge in [0.05, 0.1) is 6.42 Å². The van der Waals surface area contributed by atoms with Crippen LogP contribution in [-0.4, -0.2) is 10.9 Å². The summed E-state index contributed by atoms with van der Waals surface area (Å²) >= 11 is 6.01. The van der Waals surface area contributed by atoms with Gasteiger partial charge in [-0.2, -0.15) is 0 Å². The number of carbonyl (C=O) groups is 1. The van der Waals surface area contributed by atoms with Crippen molar-refractivity contribution in [3.8, 4) is 0 Å². The molecule has 2 aromatic rings. The molecule has 0 saturated heterocycles. The molecule has 1 aromatic heterocycles. The molecule has 2 N–H and O–H groups in total. The van der Waals surface area contributed by atoms with E-state index in [1.165, 1.54) is 0 Å². The molecule has 1 aromatic carbocycles. The van der Waals surface area contributed by atoms with Gasteiger partial charge in [0.25, 0.3) is 0 Å². The average Bonchev–Trinajstić information content (AvgIpc) is 2.22. The van der Waals surface area contributed by atoms with Gasteiger partial charge in [-0.15, -0.1) is 0 Å². The van der Waals surface area contributed by atoms with Gasteiger partial charge < -0.3 is 5.73 Å². The van der Waals surface area contributed by atoms with E-state index in [9.17, 15) is 4.79 Å². The zero-order valence-corrected chi connectivity index (χ0v) is 8.66. The lowest BCUT2D eigenvalue weighted by molar-refractivity contribution is -0.117. The first kappa shape index (κ1) is 9.93. The fourth-order valence-corrected chi connectivity index (χ4v) is 1.77. The smallest absolute Gasteiger partial charge is 0.221 e. The summed E-state index contributed by atoms with van der Waals surface area (Å²) in [5, 5.41) is 2.40. The SMILES string of the molecule is NC(=O)Cc1ccc(Cl)c2cnccc12. The highest BCUT2D eigenvalue weighted by atomic mass is 35.5. The molecule has 76 valence electrons. The van der Waals surface area contributed by atoms with Gasteiger partial charge in [0.2, 0.25) is 5.91 Å². The number of aromatic nitrogens is 1. The minimum atomic E-state index is -0.351. The maximum absolute atomic E-state index is 10.9. The van der Waals surface area contributed by atoms with E-state index in [2.05, 4.69) is 4.98 Å². The van der Waals surface area contributed by atoms with Crippen LogP contribution < -0.4 is 5.73 Å². The second-order valence-electron chi connectivity index (χ2n) is 3.27. The van der Waals surface area contributed by atoms with Crippen LogP contribution in [0.5, 0.6) is 0 Å². The first-order valence-corrected chi connectivity index (χ1v) is 4.85. The van der Waals surface area contributed by atoms with Crippen LogP contribution in [0.15, 0.2) is 30.6 Å². The zero-order chi connectivity index (χ0) is 10.8. The zero-order valence-electron chi connectivity index (χ0n) is 7.90. The van der Waals surface area contributed by atoms with Crippen molar-refractivity contribution in [1.29, 1.82) is 0 Å². The molecule has 1 heterocycles. The summed E-state index contributed by atoms with van der Waals surface area (Å²) in [5.74, 6) is -0.351. The second kappa shape index (κ2) is 3.87. The van der Waals surface area contributed by atoms with Gasteiger partial charge in [-0.1, -0.05) is 17.7 Å². The number of hydrogen-bond acceptors (Lipinski definition) is 2. The van der Waals surface area contributed by atoms with Crippen LogP contribution in [0.2, 0.25) is 5.02 Å². The second-order valence-corrected chi connectivity index (χ2v) is 3.68. The van der Waals surface area contributed by atoms with Crippen molar-refractivity contribution in [2.24, 2.45) is 5.73 Å². The van der Waals surface area contributed by atoms with Crippen molar-refractivity contribution in [2.75, 3.05) is 0 Å². The number of nitrogens with two attached hydrogens (primary N) is 1. The van der Waals surface area contributed by atoms with E-state index in [1.807, 2.05) is 12.1 Å². The molecule has 2 rings (SSSR count). The van der Waals surface area contributed by atoms with Gasteiger partial charge >= 0.3 is 0 Å². The Bertz CT molecular complexity index is 525. The van der Waals surface area contributed by atoms with E-state index in [0.717, 1.165) is 16.3 Å². The van der Waals surface area contributed by atoms with Gasteiger partial charge in [-0.05, 0) is 23.1 Å². The Morgan fingerprint density at radius 3 is 2.87 bits per heavy atom. The Morgan fingerprint density at radius 1 is 1.33 bits per heavy atom. The molecule has 0 aliphatic heterocycles. The van der Waals surface area contributed by atoms with Gasteiger partial charge in [-0.3, -0.25) is 9.78 Å². The van der Waals surface area contributed by atoms with Crippen LogP contribution in [0.3, 0.4) is 0 Å². The molecule has 0 aliphatic carbocycles. The van der Waals surface area contributed by atoms with Crippen LogP contribution >= 0.6 is 11.6 Å². The van der Waals surface area contributed by atoms with Crippen LogP contribution in [-0.2, 0) is 11.2 Å². The summed E-state index contributed by atoms with van der Waals surface area (Å²) in [5.41, 5.74) is 6.04. The van der Waals surface area contributed by atoms with Gasteiger partial charge in [0.15, 0.2) is 0 Å². The van der Waals surface area contributed by atoms with Crippen LogP contribution in [0.25, 0.3) is 10.8 Å². The Balaban J connectivity index is 2.66. The number of nitrogens with zero attached hydrogens (tertiary/aromatic N) is 1. The number of hydrogen-bond donors (Lipinski definition) is 1. The van der Waals surface area contributed by atoms with Crippen LogP contribution in [0, 0.1) is 0 Å². The molecule has 0 fully saturated rings. The number of primary amides is 1. The van der Waals surface area contributed by atoms with E-state index < -0.39 is 0 Å². The summed E-state index contributed by atoms with van der Waals surface area (Å²) in [6.45, 7) is 0. The summed E-state index contributed by atoms with van der Waals surface area (Å²) in [7, 11) is 0. The topological polar surface area (TPSA) is 56.0 Å². The van der Waals surface area contributed by atoms with Gasteiger partial charge in [0.1, 0.15) is 0 Å². The van der Waals surface area contributed by atoms with Gasteiger partial charge in [0, 0.05) is 22.8 Å². The molecule has 0 radical (unpaired) electrons. The molecule has 0 aliphatic rings. The van der Waals surface area contributed by atoms with E-state index in [-0.39, 0.29) is 12.3 Å². The number of fused-ring (bicyclic) bond motifs is 1. The van der Waals surface area contributed by atoms with Crippen LogP contribution in [0.4, 0.5) is 0 Å². The van der Waals surface area contributed by atoms with E-state index >= 15 is 0 Å². The fourth-order valence-electron chi connectivity index (χ4n) is 1.56. The van der Waals surface area contributed by atoms with Crippen molar-refractivity contribution in [3.05, 3.63) is 41.2 Å². The van der Waals surface area contributed by atoms with Crippen LogP contribution in [0.1, 0.15) is 5.56 Å². The average molecular weight is 221 g/mol. The van der Waals surface area contributed by atoms with Gasteiger partial charge in [-0.25, -0.2) is 0 Å². The Kier molecular flexibility index (Phi) is 2.56. The monoisotopic (exact) mass is 220 g/mol. The van der Waals surface area contributed by atoms with Crippen molar-refractivity contribution in [2.45, 2.75) is 6.42 Å². The standard InChI is InChI=1S/C11H9ClN2O/c12-10-2-1-7(5-11(13)15)8-3-4-14-6-9(8)10/h1-4,6H,5H2,(H2,13,15). The highest BCUT2D eigenvalue weighted by Gasteiger charge is 2.06. The third-order valence-corrected chi connectivity index (χ3v) is 2.55. The highest BCUT2D eigenvalue weighted by Crippen LogP contribution is 2.25. The van der Waals surface area contributed by atoms with Crippen molar-refractivity contribution in [1.82, 2.24) is 4.98 Å². The highest BCUT2D eigenvalue weighted by molar-refractivity contribution is 6.35. The molecule has 1 amide bonds. The number of rotatable bonds is 2. The molecule has 0 saturated carbocycles. The lowest BCUT2D eigenvalue weighted by atomic mass is 10.0. The van der Waals surface area contributed by atoms with E-state index in [1.54, 1.807) is 18.5 Å². The first-order chi connectivity index (χ1) is 7.18. The number of amides is 1. The lowest BCUT2D eigenvalue weighted by Crippen LogP contribution is -2.13. The summed E-state index contributed by atoms with van der Waals surface area (Å²) in [6.07, 6.45) is 3.57. The third kappa shape index (κ3) is 1.92. The molecular formula is C11H9ClN2O. The number of carbonyl (C=O) groups excluding carboxylic acids is 1. The fraction of sp³-hybridized carbons (Fsp3) is 0.0909. The molecule has 0 atom stereocenters. The summed E-state index contributed by atoms with van der Waals surface area (Å²) < 4.78 is 0. The van der Waals surface area contributed by atoms with Crippen molar-refractivity contribution in [3.63, 3.8) is 0 Å². The molecule has 0 unspecified atom stereocenters. The lowest BCUT2D eigenvalue weighted by Gasteiger charge is -2.05. The molecule has 0 spiro atoms. The maximum atomic E-state index is 10.9. The van der Waals surface area contributed by atoms with Crippen molar-refractivity contribution < 1.29 is 4.79 Å². The molecular weight excluding hydrogens is 212 g/mol. The quantitative estimate of drug-likeness (QED) is 0.841. The number of halogens is 1. The van der Waals surface area contributed by atoms with E-state index in [4.69, 9.17) is 17.3 Å². The summed E-state index contributed by atoms with van der Waals surface area (Å²) in [4.78, 5) is 14.9. The summed E-state index contributed by atoms with van der Waals surface area (Å²) in [6, 6.07) is 5.40. The maximum Gasteiger partial charge on any atom is 0.221 e. The number of pyridine rings is 1. The third-order valence-electron chi connectivity index (χ3n) is 2.22. The number of benzene rings is 1. The molecule has 4 heteroatoms. The largest absolute Gasteiger partial charge is 0.369 e. The van der Waals surface area contributed by atoms with E-state index in [0.29, 0.717) is 5.02 Å². The predicted octanol–water partition coefficient (Wildman–Crippen LogP) is 1.92.